The summed E-state index contributed by atoms with van der Waals surface area (Å²) in [6, 6.07) is 2.23. The lowest BCUT2D eigenvalue weighted by Crippen LogP contribution is -2.41. The maximum atomic E-state index is 13.0. The van der Waals surface area contributed by atoms with Gasteiger partial charge in [-0.15, -0.1) is 11.8 Å². The van der Waals surface area contributed by atoms with Crippen LogP contribution in [0.4, 0.5) is 8.78 Å². The Labute approximate surface area is 123 Å². The van der Waals surface area contributed by atoms with Crippen molar-refractivity contribution in [1.82, 2.24) is 4.90 Å². The van der Waals surface area contributed by atoms with E-state index in [1.165, 1.54) is 6.07 Å². The lowest BCUT2D eigenvalue weighted by Gasteiger charge is -2.20. The molecule has 1 heterocycles. The number of carboxylic acids is 1. The number of amides is 1. The number of benzene rings is 1. The van der Waals surface area contributed by atoms with E-state index in [1.54, 1.807) is 0 Å². The summed E-state index contributed by atoms with van der Waals surface area (Å²) in [6.07, 6.45) is -0.861. The van der Waals surface area contributed by atoms with Crippen LogP contribution in [0.1, 0.15) is 6.42 Å². The molecule has 114 valence electrons. The number of hydrogen-bond acceptors (Lipinski definition) is 4. The zero-order chi connectivity index (χ0) is 15.6. The zero-order valence-corrected chi connectivity index (χ0v) is 11.6. The molecule has 0 spiro atoms. The summed E-state index contributed by atoms with van der Waals surface area (Å²) < 4.78 is 25.8. The number of likely N-dealkylation sites (tertiary alicyclic amines) is 1. The first-order chi connectivity index (χ1) is 9.88. The van der Waals surface area contributed by atoms with Gasteiger partial charge in [0.15, 0.2) is 11.6 Å². The highest BCUT2D eigenvalue weighted by molar-refractivity contribution is 8.00. The van der Waals surface area contributed by atoms with Crippen LogP contribution in [0.25, 0.3) is 0 Å². The van der Waals surface area contributed by atoms with Gasteiger partial charge in [-0.25, -0.2) is 13.6 Å². The lowest BCUT2D eigenvalue weighted by molar-refractivity contribution is -0.147. The van der Waals surface area contributed by atoms with Crippen molar-refractivity contribution < 1.29 is 28.6 Å². The van der Waals surface area contributed by atoms with Crippen LogP contribution in [-0.4, -0.2) is 51.4 Å². The number of carbonyl (C=O) groups is 2. The van der Waals surface area contributed by atoms with Crippen LogP contribution in [0, 0.1) is 11.6 Å². The zero-order valence-electron chi connectivity index (χ0n) is 10.8. The van der Waals surface area contributed by atoms with Crippen LogP contribution >= 0.6 is 11.8 Å². The van der Waals surface area contributed by atoms with Crippen molar-refractivity contribution in [3.8, 4) is 0 Å². The van der Waals surface area contributed by atoms with Gasteiger partial charge >= 0.3 is 5.97 Å². The van der Waals surface area contributed by atoms with E-state index < -0.39 is 35.7 Å². The van der Waals surface area contributed by atoms with Gasteiger partial charge in [0.05, 0.1) is 11.9 Å². The molecule has 0 radical (unpaired) electrons. The van der Waals surface area contributed by atoms with Crippen LogP contribution in [0.2, 0.25) is 0 Å². The number of carbonyl (C=O) groups excluding carboxylic acids is 1. The Morgan fingerprint density at radius 3 is 2.67 bits per heavy atom. The molecule has 1 unspecified atom stereocenters. The molecule has 21 heavy (non-hydrogen) atoms. The summed E-state index contributed by atoms with van der Waals surface area (Å²) in [5, 5.41) is 18.5. The summed E-state index contributed by atoms with van der Waals surface area (Å²) in [7, 11) is 0. The van der Waals surface area contributed by atoms with Crippen molar-refractivity contribution in [3.63, 3.8) is 0 Å². The molecule has 0 aliphatic carbocycles. The highest BCUT2D eigenvalue weighted by Crippen LogP contribution is 2.24. The summed E-state index contributed by atoms with van der Waals surface area (Å²) in [5.41, 5.74) is 0. The van der Waals surface area contributed by atoms with Crippen LogP contribution < -0.4 is 0 Å². The molecule has 0 saturated carbocycles. The molecule has 1 aromatic carbocycles. The quantitative estimate of drug-likeness (QED) is 0.813. The van der Waals surface area contributed by atoms with Crippen molar-refractivity contribution in [1.29, 1.82) is 0 Å². The first kappa shape index (κ1) is 15.7. The number of nitrogens with zero attached hydrogens (tertiary/aromatic N) is 1. The van der Waals surface area contributed by atoms with Crippen molar-refractivity contribution in [2.45, 2.75) is 23.5 Å². The van der Waals surface area contributed by atoms with Gasteiger partial charge in [-0.2, -0.15) is 0 Å². The summed E-state index contributed by atoms with van der Waals surface area (Å²) in [5.74, 6) is -3.72. The minimum atomic E-state index is -1.17. The van der Waals surface area contributed by atoms with Crippen LogP contribution in [-0.2, 0) is 9.59 Å². The highest BCUT2D eigenvalue weighted by Gasteiger charge is 2.38. The number of aliphatic hydroxyl groups excluding tert-OH is 1. The smallest absolute Gasteiger partial charge is 0.326 e. The number of rotatable bonds is 4. The Bertz CT molecular complexity index is 569. The Morgan fingerprint density at radius 2 is 2.05 bits per heavy atom. The van der Waals surface area contributed by atoms with E-state index in [0.717, 1.165) is 28.8 Å². The van der Waals surface area contributed by atoms with Crippen molar-refractivity contribution in [2.24, 2.45) is 0 Å². The van der Waals surface area contributed by atoms with E-state index >= 15 is 0 Å². The Kier molecular flexibility index (Phi) is 4.79. The Hall–Kier alpha value is -1.67. The largest absolute Gasteiger partial charge is 0.480 e. The second-order valence-corrected chi connectivity index (χ2v) is 5.70. The predicted octanol–water partition coefficient (Wildman–Crippen LogP) is 1.10. The number of carboxylic acid groups (broad SMARTS) is 1. The standard InChI is InChI=1S/C13H13F2NO4S/c14-9-2-1-8(4-10(9)15)21-6-12(18)16-5-7(17)3-11(16)13(19)20/h1-2,4,7,11,17H,3,5-6H2,(H,19,20)/t7?,11-/m0/s1. The molecule has 2 N–H and O–H groups in total. The van der Waals surface area contributed by atoms with Gasteiger partial charge in [0.2, 0.25) is 5.91 Å². The molecular formula is C13H13F2NO4S. The summed E-state index contributed by atoms with van der Waals surface area (Å²) in [4.78, 5) is 24.5. The fourth-order valence-corrected chi connectivity index (χ4v) is 2.93. The van der Waals surface area contributed by atoms with E-state index in [1.807, 2.05) is 0 Å². The number of thioether (sulfide) groups is 1. The average Bonchev–Trinajstić information content (AvgIpc) is 2.82. The van der Waals surface area contributed by atoms with Gasteiger partial charge in [0.25, 0.3) is 0 Å². The van der Waals surface area contributed by atoms with Gasteiger partial charge in [-0.05, 0) is 18.2 Å². The second kappa shape index (κ2) is 6.40. The first-order valence-electron chi connectivity index (χ1n) is 6.16. The molecule has 2 atom stereocenters. The van der Waals surface area contributed by atoms with Gasteiger partial charge in [-0.3, -0.25) is 4.79 Å². The fraction of sp³-hybridized carbons (Fsp3) is 0.385. The maximum Gasteiger partial charge on any atom is 0.326 e. The van der Waals surface area contributed by atoms with E-state index in [9.17, 15) is 23.5 Å². The normalized spacial score (nSPS) is 21.6. The van der Waals surface area contributed by atoms with E-state index in [2.05, 4.69) is 0 Å². The molecule has 0 bridgehead atoms. The fourth-order valence-electron chi connectivity index (χ4n) is 2.12. The van der Waals surface area contributed by atoms with Crippen LogP contribution in [0.15, 0.2) is 23.1 Å². The SMILES string of the molecule is O=C(O)[C@@H]1CC(O)CN1C(=O)CSc1ccc(F)c(F)c1. The maximum absolute atomic E-state index is 13.0. The molecule has 1 saturated heterocycles. The van der Waals surface area contributed by atoms with Crippen molar-refractivity contribution in [2.75, 3.05) is 12.3 Å². The number of hydrogen-bond donors (Lipinski definition) is 2. The minimum absolute atomic E-state index is 0.00306. The summed E-state index contributed by atoms with van der Waals surface area (Å²) >= 11 is 0.981. The third-order valence-electron chi connectivity index (χ3n) is 3.14. The molecule has 1 aliphatic heterocycles. The third kappa shape index (κ3) is 3.70. The Morgan fingerprint density at radius 1 is 1.33 bits per heavy atom. The lowest BCUT2D eigenvalue weighted by atomic mass is 10.2. The monoisotopic (exact) mass is 317 g/mol. The molecule has 1 aliphatic rings. The van der Waals surface area contributed by atoms with E-state index in [-0.39, 0.29) is 18.7 Å². The second-order valence-electron chi connectivity index (χ2n) is 4.65. The molecule has 0 aromatic heterocycles. The van der Waals surface area contributed by atoms with Gasteiger partial charge in [0.1, 0.15) is 6.04 Å². The number of aliphatic hydroxyl groups is 1. The average molecular weight is 317 g/mol. The molecule has 1 aromatic rings. The van der Waals surface area contributed by atoms with Crippen molar-refractivity contribution >= 4 is 23.6 Å². The highest BCUT2D eigenvalue weighted by atomic mass is 32.2. The molecule has 5 nitrogen and oxygen atoms in total. The number of β-amino-alcohol motifs (C(OH)–C–C–N with tert-alkyl or cyclic N) is 1. The topological polar surface area (TPSA) is 77.8 Å². The predicted molar refractivity (Wildman–Crippen MR) is 70.8 cm³/mol. The van der Waals surface area contributed by atoms with E-state index in [4.69, 9.17) is 5.11 Å². The van der Waals surface area contributed by atoms with Gasteiger partial charge < -0.3 is 15.1 Å². The first-order valence-corrected chi connectivity index (χ1v) is 7.15. The minimum Gasteiger partial charge on any atom is -0.480 e. The molecule has 8 heteroatoms. The van der Waals surface area contributed by atoms with Gasteiger partial charge in [0, 0.05) is 17.9 Å². The number of halogens is 2. The summed E-state index contributed by atoms with van der Waals surface area (Å²) in [6.45, 7) is -0.0336. The Balaban J connectivity index is 1.97. The molecule has 1 fully saturated rings. The van der Waals surface area contributed by atoms with Gasteiger partial charge in [-0.1, -0.05) is 0 Å². The van der Waals surface area contributed by atoms with Crippen LogP contribution in [0.3, 0.4) is 0 Å². The number of aliphatic carboxylic acids is 1. The van der Waals surface area contributed by atoms with E-state index in [0.29, 0.717) is 4.90 Å². The van der Waals surface area contributed by atoms with Crippen LogP contribution in [0.5, 0.6) is 0 Å². The van der Waals surface area contributed by atoms with Crippen molar-refractivity contribution in [3.05, 3.63) is 29.8 Å². The molecule has 1 amide bonds. The molecule has 2 rings (SSSR count). The third-order valence-corrected chi connectivity index (χ3v) is 4.12. The molecular weight excluding hydrogens is 304 g/mol.